The van der Waals surface area contributed by atoms with Crippen LogP contribution >= 0.6 is 0 Å². The van der Waals surface area contributed by atoms with Gasteiger partial charge in [0, 0.05) is 0 Å². The minimum atomic E-state index is -1.10. The first-order valence-electron chi connectivity index (χ1n) is 4.75. The molecular formula is C11H16N2O2. The summed E-state index contributed by atoms with van der Waals surface area (Å²) in [5, 5.41) is 12.5. The molecule has 0 unspecified atom stereocenters. The van der Waals surface area contributed by atoms with Crippen LogP contribution < -0.4 is 11.1 Å². The molecule has 0 bridgehead atoms. The third kappa shape index (κ3) is 2.95. The lowest BCUT2D eigenvalue weighted by Crippen LogP contribution is -2.41. The van der Waals surface area contributed by atoms with Crippen molar-refractivity contribution in [2.24, 2.45) is 5.73 Å². The molecule has 0 aromatic heterocycles. The van der Waals surface area contributed by atoms with Gasteiger partial charge in [0.2, 0.25) is 0 Å². The summed E-state index contributed by atoms with van der Waals surface area (Å²) < 4.78 is 0. The standard InChI is InChI=1S/C11H16N2O2/c1-8-5-3-4-6-9(8)11(2,15)7-13-10(12)14/h3-6,15H,7H2,1-2H3,(H3,12,13,14)/t11-/m1/s1. The second-order valence-electron chi connectivity index (χ2n) is 3.81. The van der Waals surface area contributed by atoms with Gasteiger partial charge in [-0.15, -0.1) is 0 Å². The lowest BCUT2D eigenvalue weighted by Gasteiger charge is -2.25. The van der Waals surface area contributed by atoms with Crippen molar-refractivity contribution in [3.63, 3.8) is 0 Å². The van der Waals surface area contributed by atoms with Gasteiger partial charge in [0.15, 0.2) is 0 Å². The van der Waals surface area contributed by atoms with Gasteiger partial charge >= 0.3 is 6.03 Å². The smallest absolute Gasteiger partial charge is 0.312 e. The van der Waals surface area contributed by atoms with Crippen LogP contribution in [0.2, 0.25) is 0 Å². The number of amides is 2. The summed E-state index contributed by atoms with van der Waals surface area (Å²) in [5.41, 5.74) is 5.63. The highest BCUT2D eigenvalue weighted by atomic mass is 16.3. The zero-order valence-electron chi connectivity index (χ0n) is 8.95. The highest BCUT2D eigenvalue weighted by Crippen LogP contribution is 2.22. The van der Waals surface area contributed by atoms with Crippen molar-refractivity contribution in [1.29, 1.82) is 0 Å². The monoisotopic (exact) mass is 208 g/mol. The number of nitrogens with two attached hydrogens (primary N) is 1. The van der Waals surface area contributed by atoms with Gasteiger partial charge in [-0.25, -0.2) is 4.79 Å². The predicted molar refractivity (Wildman–Crippen MR) is 58.3 cm³/mol. The molecule has 82 valence electrons. The average Bonchev–Trinajstić information content (AvgIpc) is 2.15. The van der Waals surface area contributed by atoms with E-state index in [0.29, 0.717) is 0 Å². The Labute approximate surface area is 89.1 Å². The van der Waals surface area contributed by atoms with Gasteiger partial charge in [0.1, 0.15) is 5.60 Å². The normalized spacial score (nSPS) is 14.3. The molecule has 0 spiro atoms. The van der Waals surface area contributed by atoms with E-state index in [4.69, 9.17) is 5.73 Å². The third-order valence-corrected chi connectivity index (χ3v) is 2.33. The van der Waals surface area contributed by atoms with Crippen molar-refractivity contribution in [3.05, 3.63) is 35.4 Å². The zero-order valence-corrected chi connectivity index (χ0v) is 8.95. The van der Waals surface area contributed by atoms with Gasteiger partial charge in [-0.1, -0.05) is 24.3 Å². The molecule has 0 aliphatic heterocycles. The van der Waals surface area contributed by atoms with Crippen LogP contribution in [0.4, 0.5) is 4.79 Å². The SMILES string of the molecule is Cc1ccccc1[C@](C)(O)CNC(N)=O. The topological polar surface area (TPSA) is 75.3 Å². The van der Waals surface area contributed by atoms with Crippen LogP contribution in [0, 0.1) is 6.92 Å². The first-order chi connectivity index (χ1) is 6.93. The number of hydrogen-bond acceptors (Lipinski definition) is 2. The molecule has 4 N–H and O–H groups in total. The maximum absolute atomic E-state index is 10.6. The van der Waals surface area contributed by atoms with Crippen molar-refractivity contribution in [2.45, 2.75) is 19.4 Å². The zero-order chi connectivity index (χ0) is 11.5. The van der Waals surface area contributed by atoms with Crippen molar-refractivity contribution in [1.82, 2.24) is 5.32 Å². The van der Waals surface area contributed by atoms with E-state index in [-0.39, 0.29) is 6.54 Å². The Hall–Kier alpha value is -1.55. The summed E-state index contributed by atoms with van der Waals surface area (Å²) in [6.07, 6.45) is 0. The summed E-state index contributed by atoms with van der Waals surface area (Å²) in [6, 6.07) is 6.85. The van der Waals surface area contributed by atoms with Crippen molar-refractivity contribution in [2.75, 3.05) is 6.54 Å². The molecule has 1 aromatic rings. The van der Waals surface area contributed by atoms with E-state index >= 15 is 0 Å². The molecule has 0 saturated carbocycles. The minimum absolute atomic E-state index is 0.104. The maximum atomic E-state index is 10.6. The maximum Gasteiger partial charge on any atom is 0.312 e. The molecule has 0 heterocycles. The van der Waals surface area contributed by atoms with Gasteiger partial charge < -0.3 is 16.2 Å². The molecule has 4 nitrogen and oxygen atoms in total. The van der Waals surface area contributed by atoms with Crippen LogP contribution in [0.25, 0.3) is 0 Å². The predicted octanol–water partition coefficient (Wildman–Crippen LogP) is 0.871. The Morgan fingerprint density at radius 3 is 2.67 bits per heavy atom. The number of carbonyl (C=O) groups is 1. The molecule has 1 rings (SSSR count). The fraction of sp³-hybridized carbons (Fsp3) is 0.364. The van der Waals surface area contributed by atoms with Crippen LogP contribution in [0.15, 0.2) is 24.3 Å². The van der Waals surface area contributed by atoms with E-state index in [9.17, 15) is 9.90 Å². The molecular weight excluding hydrogens is 192 g/mol. The highest BCUT2D eigenvalue weighted by Gasteiger charge is 2.24. The van der Waals surface area contributed by atoms with Gasteiger partial charge in [-0.05, 0) is 25.0 Å². The number of urea groups is 1. The third-order valence-electron chi connectivity index (χ3n) is 2.33. The molecule has 1 atom stereocenters. The van der Waals surface area contributed by atoms with E-state index < -0.39 is 11.6 Å². The van der Waals surface area contributed by atoms with Crippen LogP contribution in [-0.4, -0.2) is 17.7 Å². The fourth-order valence-corrected chi connectivity index (χ4v) is 1.53. The number of carbonyl (C=O) groups excluding carboxylic acids is 1. The van der Waals surface area contributed by atoms with E-state index in [2.05, 4.69) is 5.32 Å². The van der Waals surface area contributed by atoms with Crippen molar-refractivity contribution in [3.8, 4) is 0 Å². The summed E-state index contributed by atoms with van der Waals surface area (Å²) in [7, 11) is 0. The lowest BCUT2D eigenvalue weighted by molar-refractivity contribution is 0.0591. The van der Waals surface area contributed by atoms with Gasteiger partial charge in [0.25, 0.3) is 0 Å². The van der Waals surface area contributed by atoms with Crippen LogP contribution in [0.5, 0.6) is 0 Å². The number of aryl methyl sites for hydroxylation is 1. The Kier molecular flexibility index (Phi) is 3.31. The van der Waals surface area contributed by atoms with Crippen molar-refractivity contribution >= 4 is 6.03 Å². The molecule has 15 heavy (non-hydrogen) atoms. The fourth-order valence-electron chi connectivity index (χ4n) is 1.53. The highest BCUT2D eigenvalue weighted by molar-refractivity contribution is 5.71. The van der Waals surface area contributed by atoms with Crippen LogP contribution in [0.3, 0.4) is 0 Å². The summed E-state index contributed by atoms with van der Waals surface area (Å²) in [5.74, 6) is 0. The van der Waals surface area contributed by atoms with E-state index in [1.807, 2.05) is 31.2 Å². The molecule has 4 heteroatoms. The van der Waals surface area contributed by atoms with E-state index in [1.54, 1.807) is 6.92 Å². The molecule has 2 amide bonds. The van der Waals surface area contributed by atoms with Crippen LogP contribution in [-0.2, 0) is 5.60 Å². The Morgan fingerprint density at radius 1 is 1.53 bits per heavy atom. The Morgan fingerprint density at radius 2 is 2.13 bits per heavy atom. The van der Waals surface area contributed by atoms with Gasteiger partial charge in [-0.3, -0.25) is 0 Å². The molecule has 0 saturated heterocycles. The number of rotatable bonds is 3. The Balaban J connectivity index is 2.85. The lowest BCUT2D eigenvalue weighted by atomic mass is 9.92. The number of benzene rings is 1. The summed E-state index contributed by atoms with van der Waals surface area (Å²) in [6.45, 7) is 3.66. The van der Waals surface area contributed by atoms with Gasteiger partial charge in [-0.2, -0.15) is 0 Å². The summed E-state index contributed by atoms with van der Waals surface area (Å²) >= 11 is 0. The van der Waals surface area contributed by atoms with Gasteiger partial charge in [0.05, 0.1) is 6.54 Å². The Bertz CT molecular complexity index is 361. The average molecular weight is 208 g/mol. The first kappa shape index (κ1) is 11.5. The van der Waals surface area contributed by atoms with E-state index in [1.165, 1.54) is 0 Å². The first-order valence-corrected chi connectivity index (χ1v) is 4.75. The number of aliphatic hydroxyl groups is 1. The largest absolute Gasteiger partial charge is 0.384 e. The molecule has 0 aliphatic rings. The number of nitrogens with one attached hydrogen (secondary N) is 1. The quantitative estimate of drug-likeness (QED) is 0.689. The van der Waals surface area contributed by atoms with Crippen molar-refractivity contribution < 1.29 is 9.90 Å². The second-order valence-corrected chi connectivity index (χ2v) is 3.81. The molecule has 0 aliphatic carbocycles. The summed E-state index contributed by atoms with van der Waals surface area (Å²) in [4.78, 5) is 10.6. The van der Waals surface area contributed by atoms with Crippen LogP contribution in [0.1, 0.15) is 18.1 Å². The second kappa shape index (κ2) is 4.31. The number of primary amides is 1. The minimum Gasteiger partial charge on any atom is -0.384 e. The number of hydrogen-bond donors (Lipinski definition) is 3. The molecule has 1 aromatic carbocycles. The molecule has 0 radical (unpaired) electrons. The molecule has 0 fully saturated rings. The van der Waals surface area contributed by atoms with E-state index in [0.717, 1.165) is 11.1 Å².